The van der Waals surface area contributed by atoms with Crippen LogP contribution in [-0.4, -0.2) is 64.3 Å². The Hall–Kier alpha value is -1.49. The molecule has 0 unspecified atom stereocenters. The molecule has 1 aliphatic heterocycles. The van der Waals surface area contributed by atoms with Gasteiger partial charge in [-0.05, 0) is 47.9 Å². The molecular weight excluding hydrogens is 519 g/mol. The zero-order valence-electron chi connectivity index (χ0n) is 18.9. The predicted molar refractivity (Wildman–Crippen MR) is 137 cm³/mol. The molecule has 1 amide bonds. The van der Waals surface area contributed by atoms with E-state index in [1.807, 2.05) is 6.07 Å². The minimum absolute atomic E-state index is 0.103. The first kappa shape index (κ1) is 27.1. The number of aryl methyl sites for hydroxylation is 1. The topological polar surface area (TPSA) is 84.9 Å². The molecule has 11 heteroatoms. The van der Waals surface area contributed by atoms with Crippen molar-refractivity contribution in [1.29, 1.82) is 0 Å². The van der Waals surface area contributed by atoms with Crippen molar-refractivity contribution in [2.75, 3.05) is 45.7 Å². The third kappa shape index (κ3) is 7.50. The van der Waals surface area contributed by atoms with Gasteiger partial charge in [-0.25, -0.2) is 8.42 Å². The Morgan fingerprint density at radius 1 is 1.15 bits per heavy atom. The number of sulfonamides is 1. The third-order valence-electron chi connectivity index (χ3n) is 5.32. The van der Waals surface area contributed by atoms with Crippen molar-refractivity contribution in [1.82, 2.24) is 9.62 Å². The number of ether oxygens (including phenoxy) is 2. The molecule has 1 heterocycles. The Morgan fingerprint density at radius 3 is 2.62 bits per heavy atom. The Labute approximate surface area is 215 Å². The van der Waals surface area contributed by atoms with Crippen LogP contribution in [0, 0.1) is 0 Å². The quantitative estimate of drug-likeness (QED) is 0.428. The monoisotopic (exact) mass is 546 g/mol. The molecule has 0 aromatic heterocycles. The van der Waals surface area contributed by atoms with Crippen molar-refractivity contribution in [3.05, 3.63) is 57.6 Å². The molecule has 1 aliphatic rings. The first-order valence-corrected chi connectivity index (χ1v) is 14.2. The first-order valence-electron chi connectivity index (χ1n) is 10.8. The maximum Gasteiger partial charge on any atom is 0.243 e. The Kier molecular flexibility index (Phi) is 10.4. The number of amides is 1. The molecule has 7 nitrogen and oxygen atoms in total. The second-order valence-electron chi connectivity index (χ2n) is 7.63. The molecule has 0 atom stereocenters. The van der Waals surface area contributed by atoms with Crippen molar-refractivity contribution in [3.8, 4) is 5.75 Å². The zero-order valence-corrected chi connectivity index (χ0v) is 22.0. The number of benzene rings is 2. The van der Waals surface area contributed by atoms with Crippen LogP contribution >= 0.6 is 35.0 Å². The van der Waals surface area contributed by atoms with Crippen molar-refractivity contribution < 1.29 is 22.7 Å². The number of methoxy groups -OCH3 is 1. The van der Waals surface area contributed by atoms with E-state index in [9.17, 15) is 13.2 Å². The first-order chi connectivity index (χ1) is 16.3. The molecule has 0 radical (unpaired) electrons. The lowest BCUT2D eigenvalue weighted by atomic mass is 10.1. The van der Waals surface area contributed by atoms with Gasteiger partial charge in [0.15, 0.2) is 0 Å². The van der Waals surface area contributed by atoms with Gasteiger partial charge in [-0.1, -0.05) is 29.3 Å². The van der Waals surface area contributed by atoms with Gasteiger partial charge in [0.2, 0.25) is 15.9 Å². The fourth-order valence-electron chi connectivity index (χ4n) is 3.47. The van der Waals surface area contributed by atoms with Crippen LogP contribution in [0.4, 0.5) is 0 Å². The Balaban J connectivity index is 1.49. The van der Waals surface area contributed by atoms with Crippen LogP contribution in [0.3, 0.4) is 0 Å². The number of nitrogens with zero attached hydrogens (tertiary/aromatic N) is 1. The highest BCUT2D eigenvalue weighted by atomic mass is 35.5. The summed E-state index contributed by atoms with van der Waals surface area (Å²) in [7, 11) is -2.09. The minimum Gasteiger partial charge on any atom is -0.496 e. The smallest absolute Gasteiger partial charge is 0.243 e. The molecule has 0 spiro atoms. The highest BCUT2D eigenvalue weighted by molar-refractivity contribution is 7.98. The van der Waals surface area contributed by atoms with E-state index in [4.69, 9.17) is 32.7 Å². The summed E-state index contributed by atoms with van der Waals surface area (Å²) in [6.45, 7) is 1.95. The number of thioether (sulfide) groups is 1. The van der Waals surface area contributed by atoms with E-state index in [2.05, 4.69) is 5.32 Å². The molecule has 186 valence electrons. The summed E-state index contributed by atoms with van der Waals surface area (Å²) in [6.07, 6.45) is 0.597. The van der Waals surface area contributed by atoms with Gasteiger partial charge in [-0.2, -0.15) is 16.1 Å². The molecule has 1 saturated heterocycles. The molecule has 0 saturated carbocycles. The highest BCUT2D eigenvalue weighted by Crippen LogP contribution is 2.27. The summed E-state index contributed by atoms with van der Waals surface area (Å²) in [5.74, 6) is 1.92. The number of halogens is 2. The van der Waals surface area contributed by atoms with Crippen LogP contribution in [0.15, 0.2) is 41.3 Å². The number of nitrogens with one attached hydrogen (secondary N) is 1. The zero-order chi connectivity index (χ0) is 24.6. The molecule has 0 bridgehead atoms. The van der Waals surface area contributed by atoms with E-state index in [1.165, 1.54) is 17.5 Å². The maximum atomic E-state index is 13.0. The van der Waals surface area contributed by atoms with E-state index in [0.29, 0.717) is 60.6 Å². The van der Waals surface area contributed by atoms with E-state index in [-0.39, 0.29) is 17.2 Å². The van der Waals surface area contributed by atoms with Crippen molar-refractivity contribution in [2.24, 2.45) is 0 Å². The lowest BCUT2D eigenvalue weighted by Crippen LogP contribution is -2.40. The summed E-state index contributed by atoms with van der Waals surface area (Å²) in [4.78, 5) is 12.5. The fraction of sp³-hybridized carbons (Fsp3) is 0.435. The summed E-state index contributed by atoms with van der Waals surface area (Å²) in [5, 5.41) is 4.14. The average Bonchev–Trinajstić information content (AvgIpc) is 2.84. The molecule has 3 rings (SSSR count). The third-order valence-corrected chi connectivity index (χ3v) is 8.81. The van der Waals surface area contributed by atoms with Gasteiger partial charge in [-0.3, -0.25) is 4.79 Å². The van der Waals surface area contributed by atoms with Crippen molar-refractivity contribution in [3.63, 3.8) is 0 Å². The summed E-state index contributed by atoms with van der Waals surface area (Å²) in [5.41, 5.74) is 1.68. The molecule has 1 fully saturated rings. The Morgan fingerprint density at radius 2 is 1.91 bits per heavy atom. The largest absolute Gasteiger partial charge is 0.496 e. The fourth-order valence-corrected chi connectivity index (χ4v) is 6.34. The molecule has 2 aromatic rings. The predicted octanol–water partition coefficient (Wildman–Crippen LogP) is 4.01. The Bertz CT molecular complexity index is 1090. The number of morpholine rings is 1. The minimum atomic E-state index is -3.62. The maximum absolute atomic E-state index is 13.0. The van der Waals surface area contributed by atoms with Crippen LogP contribution in [0.1, 0.15) is 17.5 Å². The number of hydrogen-bond donors (Lipinski definition) is 1. The summed E-state index contributed by atoms with van der Waals surface area (Å²) >= 11 is 13.8. The number of carbonyl (C=O) groups is 1. The van der Waals surface area contributed by atoms with Gasteiger partial charge in [0.05, 0.1) is 25.2 Å². The van der Waals surface area contributed by atoms with Crippen molar-refractivity contribution >= 4 is 50.9 Å². The van der Waals surface area contributed by atoms with Crippen LogP contribution in [0.5, 0.6) is 5.75 Å². The van der Waals surface area contributed by atoms with E-state index >= 15 is 0 Å². The van der Waals surface area contributed by atoms with E-state index in [1.54, 1.807) is 36.0 Å². The highest BCUT2D eigenvalue weighted by Gasteiger charge is 2.27. The van der Waals surface area contributed by atoms with Crippen LogP contribution in [-0.2, 0) is 31.7 Å². The number of carbonyl (C=O) groups excluding carboxylic acids is 1. The standard InChI is InChI=1S/C23H28Cl2N2O5S2/c1-31-22-6-5-20(34(29,30)27-9-11-32-12-10-27)14-17(22)3-7-23(28)26-8-13-33-16-18-2-4-19(24)15-21(18)25/h2,4-6,14-15H,3,7-13,16H2,1H3,(H,26,28). The van der Waals surface area contributed by atoms with Gasteiger partial charge in [0.1, 0.15) is 5.75 Å². The van der Waals surface area contributed by atoms with Crippen LogP contribution in [0.25, 0.3) is 0 Å². The lowest BCUT2D eigenvalue weighted by Gasteiger charge is -2.26. The average molecular weight is 548 g/mol. The van der Waals surface area contributed by atoms with Gasteiger partial charge in [0.25, 0.3) is 0 Å². The second kappa shape index (κ2) is 13.0. The normalized spacial score (nSPS) is 14.7. The van der Waals surface area contributed by atoms with Gasteiger partial charge in [-0.15, -0.1) is 0 Å². The second-order valence-corrected chi connectivity index (χ2v) is 11.5. The summed E-state index contributed by atoms with van der Waals surface area (Å²) < 4.78 is 38.0. The molecule has 34 heavy (non-hydrogen) atoms. The molecule has 1 N–H and O–H groups in total. The lowest BCUT2D eigenvalue weighted by molar-refractivity contribution is -0.120. The molecule has 0 aliphatic carbocycles. The van der Waals surface area contributed by atoms with Crippen molar-refractivity contribution in [2.45, 2.75) is 23.5 Å². The molecule has 2 aromatic carbocycles. The number of rotatable bonds is 11. The van der Waals surface area contributed by atoms with Gasteiger partial charge in [0, 0.05) is 47.6 Å². The number of hydrogen-bond acceptors (Lipinski definition) is 6. The molecular formula is C23H28Cl2N2O5S2. The van der Waals surface area contributed by atoms with Crippen LogP contribution < -0.4 is 10.1 Å². The van der Waals surface area contributed by atoms with Gasteiger partial charge >= 0.3 is 0 Å². The van der Waals surface area contributed by atoms with Gasteiger partial charge < -0.3 is 14.8 Å². The summed E-state index contributed by atoms with van der Waals surface area (Å²) in [6, 6.07) is 10.2. The van der Waals surface area contributed by atoms with E-state index in [0.717, 1.165) is 17.1 Å². The van der Waals surface area contributed by atoms with Crippen LogP contribution in [0.2, 0.25) is 10.0 Å². The SMILES string of the molecule is COc1ccc(S(=O)(=O)N2CCOCC2)cc1CCC(=O)NCCSCc1ccc(Cl)cc1Cl. The van der Waals surface area contributed by atoms with E-state index < -0.39 is 10.0 Å².